The summed E-state index contributed by atoms with van der Waals surface area (Å²) in [4.78, 5) is 25.9. The Bertz CT molecular complexity index is 1660. The minimum atomic E-state index is -2.30. The molecular weight excluding hydrogens is 608 g/mol. The van der Waals surface area contributed by atoms with E-state index >= 15 is 8.78 Å². The quantitative estimate of drug-likeness (QED) is 0.366. The van der Waals surface area contributed by atoms with E-state index in [0.717, 1.165) is 17.2 Å². The highest BCUT2D eigenvalue weighted by Gasteiger charge is 2.80. The lowest BCUT2D eigenvalue weighted by atomic mass is 9.44. The smallest absolute Gasteiger partial charge is 0.193 e. The summed E-state index contributed by atoms with van der Waals surface area (Å²) in [6.07, 6.45) is -0.855. The molecule has 1 aliphatic heterocycles. The van der Waals surface area contributed by atoms with Gasteiger partial charge in [-0.2, -0.15) is 0 Å². The van der Waals surface area contributed by atoms with Crippen molar-refractivity contribution in [1.82, 2.24) is 0 Å². The van der Waals surface area contributed by atoms with Crippen LogP contribution in [-0.4, -0.2) is 65.1 Å². The molecule has 0 radical (unpaired) electrons. The van der Waals surface area contributed by atoms with E-state index in [4.69, 9.17) is 19.9 Å². The Kier molecular flexibility index (Phi) is 8.06. The molecule has 1 saturated heterocycles. The fourth-order valence-corrected chi connectivity index (χ4v) is 9.61. The Hall–Kier alpha value is -3.44. The molecule has 4 aliphatic carbocycles. The number of aliphatic hydroxyl groups is 2. The Labute approximate surface area is 273 Å². The van der Waals surface area contributed by atoms with Gasteiger partial charge in [0.15, 0.2) is 29.1 Å². The molecule has 0 aromatic heterocycles. The van der Waals surface area contributed by atoms with Gasteiger partial charge in [0.2, 0.25) is 0 Å². The molecule has 7 rings (SSSR count). The van der Waals surface area contributed by atoms with Crippen molar-refractivity contribution >= 4 is 17.3 Å². The van der Waals surface area contributed by atoms with Crippen molar-refractivity contribution in [3.63, 3.8) is 0 Å². The number of hydrogen-bond donors (Lipinski definition) is 3. The summed E-state index contributed by atoms with van der Waals surface area (Å²) < 4.78 is 51.7. The van der Waals surface area contributed by atoms with Crippen molar-refractivity contribution in [1.29, 1.82) is 0 Å². The standard InChI is InChI=1S/C36H39F2NO7.CH4/c1-33-11-10-22(41)14-25(33)26(37)15-24-23-16-31-36(30(43)18-40,34(23,2)17-29(42)35(24,33)38)46-32(45-31)21-7-4-19(5-8-21)12-20-6-9-27(39)28(13-20)44-3;/h4-11,13-14,23-24,26,29,31-32,40,42H,12,15-18,39H2,1-3H3;1H4/t23-,24-,26-,29-,31+,32+,33-,34-,35-,36+;/m0./s1. The van der Waals surface area contributed by atoms with E-state index in [2.05, 4.69) is 0 Å². The highest BCUT2D eigenvalue weighted by molar-refractivity contribution is 6.01. The van der Waals surface area contributed by atoms with Gasteiger partial charge in [-0.05, 0) is 79.5 Å². The number of ether oxygens (including phenoxy) is 3. The molecule has 2 aromatic carbocycles. The first-order valence-electron chi connectivity index (χ1n) is 15.8. The third-order valence-corrected chi connectivity index (χ3v) is 11.9. The molecule has 10 atom stereocenters. The molecule has 10 heteroatoms. The van der Waals surface area contributed by atoms with Gasteiger partial charge in [-0.1, -0.05) is 50.8 Å². The molecule has 5 aliphatic rings. The SMILES string of the molecule is C.COc1cc(Cc2ccc([C@@H]3O[C@@H]4C[C@H]5[C@@H]6C[C@H](F)C7=CC(=O)C=C[C@]7(C)[C@@]6(F)[C@@H](O)C[C@]5(C)[C@]4(C(=O)CO)O3)cc2)ccc1N. The zero-order chi connectivity index (χ0) is 32.8. The molecule has 47 heavy (non-hydrogen) atoms. The second-order valence-electron chi connectivity index (χ2n) is 14.0. The number of rotatable bonds is 6. The summed E-state index contributed by atoms with van der Waals surface area (Å²) in [7, 11) is 1.57. The number of Topliss-reactive ketones (excluding diaryl/α,β-unsaturated/α-hetero) is 1. The highest BCUT2D eigenvalue weighted by Crippen LogP contribution is 2.72. The lowest BCUT2D eigenvalue weighted by Crippen LogP contribution is -2.70. The minimum Gasteiger partial charge on any atom is -0.495 e. The number of hydrogen-bond acceptors (Lipinski definition) is 8. The maximum absolute atomic E-state index is 17.6. The monoisotopic (exact) mass is 651 g/mol. The van der Waals surface area contributed by atoms with Crippen molar-refractivity contribution in [2.75, 3.05) is 19.5 Å². The maximum atomic E-state index is 17.6. The predicted molar refractivity (Wildman–Crippen MR) is 171 cm³/mol. The van der Waals surface area contributed by atoms with Crippen LogP contribution >= 0.6 is 0 Å². The largest absolute Gasteiger partial charge is 0.495 e. The van der Waals surface area contributed by atoms with Gasteiger partial charge in [0.25, 0.3) is 0 Å². The van der Waals surface area contributed by atoms with E-state index in [9.17, 15) is 19.8 Å². The van der Waals surface area contributed by atoms with E-state index in [1.54, 1.807) is 20.1 Å². The van der Waals surface area contributed by atoms with Crippen molar-refractivity contribution in [2.45, 2.75) is 82.9 Å². The normalized spacial score (nSPS) is 40.0. The van der Waals surface area contributed by atoms with E-state index < -0.39 is 76.8 Å². The number of nitrogens with two attached hydrogens (primary N) is 1. The lowest BCUT2D eigenvalue weighted by Gasteiger charge is -2.63. The third-order valence-electron chi connectivity index (χ3n) is 11.9. The fraction of sp³-hybridized carbons (Fsp3) is 0.514. The maximum Gasteiger partial charge on any atom is 0.193 e. The van der Waals surface area contributed by atoms with Crippen LogP contribution in [0.1, 0.15) is 63.5 Å². The van der Waals surface area contributed by atoms with Gasteiger partial charge in [0.05, 0.1) is 25.0 Å². The fourth-order valence-electron chi connectivity index (χ4n) is 9.61. The van der Waals surface area contributed by atoms with Gasteiger partial charge in [-0.3, -0.25) is 9.59 Å². The molecule has 4 N–H and O–H groups in total. The van der Waals surface area contributed by atoms with Gasteiger partial charge < -0.3 is 30.2 Å². The van der Waals surface area contributed by atoms with E-state index in [1.807, 2.05) is 36.4 Å². The number of allylic oxidation sites excluding steroid dienone is 4. The van der Waals surface area contributed by atoms with Gasteiger partial charge in [0.1, 0.15) is 18.5 Å². The van der Waals surface area contributed by atoms with Gasteiger partial charge in [-0.15, -0.1) is 0 Å². The second-order valence-corrected chi connectivity index (χ2v) is 14.0. The Morgan fingerprint density at radius 2 is 1.81 bits per heavy atom. The van der Waals surface area contributed by atoms with Crippen LogP contribution in [0, 0.1) is 22.7 Å². The van der Waals surface area contributed by atoms with Crippen molar-refractivity contribution < 1.29 is 42.8 Å². The zero-order valence-corrected chi connectivity index (χ0v) is 26.0. The number of anilines is 1. The van der Waals surface area contributed by atoms with E-state index in [1.165, 1.54) is 19.1 Å². The predicted octanol–water partition coefficient (Wildman–Crippen LogP) is 5.15. The molecular formula is C37H43F2NO7. The van der Waals surface area contributed by atoms with Crippen LogP contribution in [0.4, 0.5) is 14.5 Å². The molecule has 0 bridgehead atoms. The summed E-state index contributed by atoms with van der Waals surface area (Å²) in [5, 5.41) is 21.9. The van der Waals surface area contributed by atoms with Crippen LogP contribution in [0.15, 0.2) is 66.3 Å². The summed E-state index contributed by atoms with van der Waals surface area (Å²) in [5.74, 6) is -2.03. The zero-order valence-electron chi connectivity index (χ0n) is 26.0. The summed E-state index contributed by atoms with van der Waals surface area (Å²) >= 11 is 0. The number of aliphatic hydroxyl groups excluding tert-OH is 2. The lowest BCUT2D eigenvalue weighted by molar-refractivity contribution is -0.235. The molecule has 0 unspecified atom stereocenters. The molecule has 0 amide bonds. The van der Waals surface area contributed by atoms with Gasteiger partial charge in [-0.25, -0.2) is 8.78 Å². The first kappa shape index (κ1) is 33.5. The van der Waals surface area contributed by atoms with Crippen molar-refractivity contribution in [2.24, 2.45) is 22.7 Å². The number of halogens is 2. The number of fused-ring (bicyclic) bond motifs is 7. The number of methoxy groups -OCH3 is 1. The molecule has 3 saturated carbocycles. The number of carbonyl (C=O) groups is 2. The molecule has 0 spiro atoms. The van der Waals surface area contributed by atoms with E-state index in [-0.39, 0.29) is 32.3 Å². The number of ketones is 2. The Morgan fingerprint density at radius 3 is 2.49 bits per heavy atom. The van der Waals surface area contributed by atoms with Crippen molar-refractivity contribution in [3.05, 3.63) is 83.0 Å². The van der Waals surface area contributed by atoms with Gasteiger partial charge in [0, 0.05) is 22.3 Å². The van der Waals surface area contributed by atoms with Crippen molar-refractivity contribution in [3.8, 4) is 5.75 Å². The minimum absolute atomic E-state index is 0. The summed E-state index contributed by atoms with van der Waals surface area (Å²) in [5.41, 5.74) is 2.52. The topological polar surface area (TPSA) is 128 Å². The Balaban J connectivity index is 0.00000386. The molecule has 4 fully saturated rings. The number of carbonyl (C=O) groups excluding carboxylic acids is 2. The van der Waals surface area contributed by atoms with Gasteiger partial charge >= 0.3 is 0 Å². The molecule has 8 nitrogen and oxygen atoms in total. The van der Waals surface area contributed by atoms with Crippen LogP contribution in [0.5, 0.6) is 5.75 Å². The Morgan fingerprint density at radius 1 is 1.11 bits per heavy atom. The number of alkyl halides is 2. The summed E-state index contributed by atoms with van der Waals surface area (Å²) in [6, 6.07) is 13.2. The first-order chi connectivity index (χ1) is 21.8. The van der Waals surface area contributed by atoms with E-state index in [0.29, 0.717) is 23.4 Å². The molecule has 2 aromatic rings. The summed E-state index contributed by atoms with van der Waals surface area (Å²) in [6.45, 7) is 2.47. The van der Waals surface area contributed by atoms with Crippen LogP contribution < -0.4 is 10.5 Å². The number of nitrogen functional groups attached to an aromatic ring is 1. The average Bonchev–Trinajstić information content (AvgIpc) is 3.54. The molecule has 252 valence electrons. The third kappa shape index (κ3) is 4.44. The second kappa shape index (κ2) is 11.3. The van der Waals surface area contributed by atoms with Crippen LogP contribution in [0.2, 0.25) is 0 Å². The van der Waals surface area contributed by atoms with Crippen LogP contribution in [0.25, 0.3) is 0 Å². The number of benzene rings is 2. The average molecular weight is 652 g/mol. The molecule has 1 heterocycles. The van der Waals surface area contributed by atoms with Crippen LogP contribution in [0.3, 0.4) is 0 Å². The highest BCUT2D eigenvalue weighted by atomic mass is 19.1. The van der Waals surface area contributed by atoms with Crippen LogP contribution in [-0.2, 0) is 25.5 Å². The first-order valence-corrected chi connectivity index (χ1v) is 15.8.